The standard InChI is InChI=1S/C13H15Cl2N3O/c1-8(13-17-16-9(2)19-13)18(3)7-10-4-11(14)6-12(15)5-10/h4-6,8H,7H2,1-3H3/t8-/m1/s1. The molecule has 1 heterocycles. The highest BCUT2D eigenvalue weighted by atomic mass is 35.5. The average molecular weight is 300 g/mol. The summed E-state index contributed by atoms with van der Waals surface area (Å²) in [5.41, 5.74) is 1.04. The topological polar surface area (TPSA) is 42.2 Å². The van der Waals surface area contributed by atoms with E-state index in [1.807, 2.05) is 26.1 Å². The van der Waals surface area contributed by atoms with Crippen LogP contribution >= 0.6 is 23.2 Å². The Hall–Kier alpha value is -1.10. The van der Waals surface area contributed by atoms with Crippen molar-refractivity contribution in [1.29, 1.82) is 0 Å². The second kappa shape index (κ2) is 5.90. The maximum Gasteiger partial charge on any atom is 0.233 e. The Bertz CT molecular complexity index is 551. The van der Waals surface area contributed by atoms with Crippen LogP contribution < -0.4 is 0 Å². The van der Waals surface area contributed by atoms with Crippen LogP contribution in [0.2, 0.25) is 10.0 Å². The van der Waals surface area contributed by atoms with Gasteiger partial charge in [0.25, 0.3) is 0 Å². The van der Waals surface area contributed by atoms with Gasteiger partial charge in [-0.2, -0.15) is 0 Å². The number of aromatic nitrogens is 2. The van der Waals surface area contributed by atoms with E-state index in [0.717, 1.165) is 5.56 Å². The van der Waals surface area contributed by atoms with Crippen LogP contribution in [0.5, 0.6) is 0 Å². The van der Waals surface area contributed by atoms with Gasteiger partial charge >= 0.3 is 0 Å². The lowest BCUT2D eigenvalue weighted by Gasteiger charge is -2.21. The van der Waals surface area contributed by atoms with Crippen molar-refractivity contribution >= 4 is 23.2 Å². The van der Waals surface area contributed by atoms with E-state index in [1.54, 1.807) is 13.0 Å². The molecule has 1 atom stereocenters. The molecule has 19 heavy (non-hydrogen) atoms. The number of hydrogen-bond donors (Lipinski definition) is 0. The fourth-order valence-electron chi connectivity index (χ4n) is 1.80. The van der Waals surface area contributed by atoms with Crippen molar-refractivity contribution in [3.63, 3.8) is 0 Å². The molecule has 0 saturated heterocycles. The summed E-state index contributed by atoms with van der Waals surface area (Å²) in [5.74, 6) is 1.18. The molecular formula is C13H15Cl2N3O. The predicted molar refractivity (Wildman–Crippen MR) is 75.4 cm³/mol. The van der Waals surface area contributed by atoms with Crippen molar-refractivity contribution in [2.45, 2.75) is 26.4 Å². The third-order valence-electron chi connectivity index (χ3n) is 2.91. The van der Waals surface area contributed by atoms with Gasteiger partial charge in [0.15, 0.2) is 0 Å². The van der Waals surface area contributed by atoms with E-state index in [4.69, 9.17) is 27.6 Å². The lowest BCUT2D eigenvalue weighted by molar-refractivity contribution is 0.215. The zero-order valence-corrected chi connectivity index (χ0v) is 12.5. The minimum atomic E-state index is 0.0268. The summed E-state index contributed by atoms with van der Waals surface area (Å²) in [7, 11) is 1.99. The second-order valence-electron chi connectivity index (χ2n) is 4.53. The highest BCUT2D eigenvalue weighted by molar-refractivity contribution is 6.34. The molecule has 2 aromatic rings. The summed E-state index contributed by atoms with van der Waals surface area (Å²) in [6.45, 7) is 4.49. The Labute approximate surface area is 122 Å². The van der Waals surface area contributed by atoms with Gasteiger partial charge in [0.1, 0.15) is 0 Å². The molecule has 6 heteroatoms. The van der Waals surface area contributed by atoms with Crippen LogP contribution in [0.4, 0.5) is 0 Å². The largest absolute Gasteiger partial charge is 0.424 e. The van der Waals surface area contributed by atoms with E-state index in [1.165, 1.54) is 0 Å². The molecule has 0 spiro atoms. The fraction of sp³-hybridized carbons (Fsp3) is 0.385. The monoisotopic (exact) mass is 299 g/mol. The van der Waals surface area contributed by atoms with Gasteiger partial charge < -0.3 is 4.42 Å². The number of benzene rings is 1. The molecule has 4 nitrogen and oxygen atoms in total. The molecule has 0 aliphatic rings. The third kappa shape index (κ3) is 3.69. The molecule has 0 aliphatic carbocycles. The van der Waals surface area contributed by atoms with Gasteiger partial charge in [0.05, 0.1) is 6.04 Å². The van der Waals surface area contributed by atoms with E-state index in [0.29, 0.717) is 28.4 Å². The van der Waals surface area contributed by atoms with Gasteiger partial charge in [-0.25, -0.2) is 0 Å². The van der Waals surface area contributed by atoms with Crippen LogP contribution in [-0.4, -0.2) is 22.1 Å². The van der Waals surface area contributed by atoms with E-state index < -0.39 is 0 Å². The summed E-state index contributed by atoms with van der Waals surface area (Å²) in [6, 6.07) is 5.54. The summed E-state index contributed by atoms with van der Waals surface area (Å²) in [5, 5.41) is 9.15. The van der Waals surface area contributed by atoms with Crippen LogP contribution in [0, 0.1) is 6.92 Å². The van der Waals surface area contributed by atoms with Crippen molar-refractivity contribution < 1.29 is 4.42 Å². The van der Waals surface area contributed by atoms with Crippen LogP contribution in [0.1, 0.15) is 30.3 Å². The minimum Gasteiger partial charge on any atom is -0.424 e. The minimum absolute atomic E-state index is 0.0268. The van der Waals surface area contributed by atoms with Gasteiger partial charge in [-0.05, 0) is 37.7 Å². The Morgan fingerprint density at radius 2 is 1.84 bits per heavy atom. The van der Waals surface area contributed by atoms with Crippen molar-refractivity contribution in [1.82, 2.24) is 15.1 Å². The first-order valence-corrected chi connectivity index (χ1v) is 6.66. The van der Waals surface area contributed by atoms with E-state index in [-0.39, 0.29) is 6.04 Å². The molecule has 0 radical (unpaired) electrons. The van der Waals surface area contributed by atoms with Crippen molar-refractivity contribution in [3.8, 4) is 0 Å². The smallest absolute Gasteiger partial charge is 0.233 e. The Morgan fingerprint density at radius 3 is 2.37 bits per heavy atom. The molecule has 0 amide bonds. The average Bonchev–Trinajstić information content (AvgIpc) is 2.73. The van der Waals surface area contributed by atoms with Crippen molar-refractivity contribution in [2.75, 3.05) is 7.05 Å². The molecule has 0 bridgehead atoms. The summed E-state index contributed by atoms with van der Waals surface area (Å²) in [4.78, 5) is 2.09. The van der Waals surface area contributed by atoms with Crippen molar-refractivity contribution in [2.24, 2.45) is 0 Å². The summed E-state index contributed by atoms with van der Waals surface area (Å²) >= 11 is 12.0. The number of halogens is 2. The quantitative estimate of drug-likeness (QED) is 0.859. The first-order chi connectivity index (χ1) is 8.95. The zero-order valence-electron chi connectivity index (χ0n) is 11.0. The van der Waals surface area contributed by atoms with Crippen LogP contribution in [0.3, 0.4) is 0 Å². The van der Waals surface area contributed by atoms with E-state index in [2.05, 4.69) is 15.1 Å². The third-order valence-corrected chi connectivity index (χ3v) is 3.35. The van der Waals surface area contributed by atoms with Gasteiger partial charge in [0.2, 0.25) is 11.8 Å². The van der Waals surface area contributed by atoms with Gasteiger partial charge in [-0.15, -0.1) is 10.2 Å². The molecule has 1 aromatic heterocycles. The molecule has 1 aromatic carbocycles. The molecule has 0 unspecified atom stereocenters. The molecule has 102 valence electrons. The molecule has 0 fully saturated rings. The SMILES string of the molecule is Cc1nnc([C@@H](C)N(C)Cc2cc(Cl)cc(Cl)c2)o1. The van der Waals surface area contributed by atoms with Crippen molar-refractivity contribution in [3.05, 3.63) is 45.6 Å². The molecule has 2 rings (SSSR count). The number of nitrogens with zero attached hydrogens (tertiary/aromatic N) is 3. The van der Waals surface area contributed by atoms with Crippen LogP contribution in [0.15, 0.2) is 22.6 Å². The summed E-state index contributed by atoms with van der Waals surface area (Å²) in [6.07, 6.45) is 0. The normalized spacial score (nSPS) is 12.9. The second-order valence-corrected chi connectivity index (χ2v) is 5.40. The lowest BCUT2D eigenvalue weighted by Crippen LogP contribution is -2.22. The Kier molecular flexibility index (Phi) is 4.45. The van der Waals surface area contributed by atoms with Crippen LogP contribution in [0.25, 0.3) is 0 Å². The zero-order chi connectivity index (χ0) is 14.0. The lowest BCUT2D eigenvalue weighted by atomic mass is 10.2. The van der Waals surface area contributed by atoms with Gasteiger partial charge in [-0.3, -0.25) is 4.90 Å². The Balaban J connectivity index is 2.10. The number of rotatable bonds is 4. The van der Waals surface area contributed by atoms with E-state index >= 15 is 0 Å². The first-order valence-electron chi connectivity index (χ1n) is 5.91. The number of aryl methyl sites for hydroxylation is 1. The highest BCUT2D eigenvalue weighted by Crippen LogP contribution is 2.23. The molecular weight excluding hydrogens is 285 g/mol. The fourth-order valence-corrected chi connectivity index (χ4v) is 2.37. The van der Waals surface area contributed by atoms with Gasteiger partial charge in [0, 0.05) is 23.5 Å². The molecule has 0 saturated carbocycles. The maximum atomic E-state index is 5.99. The Morgan fingerprint density at radius 1 is 1.21 bits per heavy atom. The predicted octanol–water partition coefficient (Wildman–Crippen LogP) is 3.88. The molecule has 0 aliphatic heterocycles. The highest BCUT2D eigenvalue weighted by Gasteiger charge is 2.18. The van der Waals surface area contributed by atoms with Gasteiger partial charge in [-0.1, -0.05) is 23.2 Å². The number of hydrogen-bond acceptors (Lipinski definition) is 4. The molecule has 0 N–H and O–H groups in total. The first kappa shape index (κ1) is 14.3. The maximum absolute atomic E-state index is 5.99. The summed E-state index contributed by atoms with van der Waals surface area (Å²) < 4.78 is 5.44. The van der Waals surface area contributed by atoms with E-state index in [9.17, 15) is 0 Å². The van der Waals surface area contributed by atoms with Crippen LogP contribution in [-0.2, 0) is 6.54 Å².